The van der Waals surface area contributed by atoms with Gasteiger partial charge in [0.05, 0.1) is 0 Å². The minimum Gasteiger partial charge on any atom is -0.332 e. The zero-order valence-electron chi connectivity index (χ0n) is 14.8. The zero-order chi connectivity index (χ0) is 19.4. The molecule has 0 aliphatic heterocycles. The number of nitrogens with one attached hydrogen (secondary N) is 1. The quantitative estimate of drug-likeness (QED) is 0.716. The van der Waals surface area contributed by atoms with E-state index in [0.717, 1.165) is 29.5 Å². The lowest BCUT2D eigenvalue weighted by Gasteiger charge is -2.21. The van der Waals surface area contributed by atoms with Crippen LogP contribution in [0.3, 0.4) is 0 Å². The minimum atomic E-state index is -0.183. The predicted molar refractivity (Wildman–Crippen MR) is 108 cm³/mol. The van der Waals surface area contributed by atoms with E-state index in [-0.39, 0.29) is 17.9 Å². The maximum atomic E-state index is 12.3. The largest absolute Gasteiger partial charge is 0.332 e. The summed E-state index contributed by atoms with van der Waals surface area (Å²) in [6.07, 6.45) is 5.00. The van der Waals surface area contributed by atoms with Gasteiger partial charge in [-0.1, -0.05) is 23.2 Å². The Bertz CT molecular complexity index is 895. The fourth-order valence-electron chi connectivity index (χ4n) is 2.89. The summed E-state index contributed by atoms with van der Waals surface area (Å²) in [4.78, 5) is 29.5. The van der Waals surface area contributed by atoms with Crippen LogP contribution in [0.2, 0.25) is 5.02 Å². The van der Waals surface area contributed by atoms with E-state index in [1.165, 1.54) is 18.5 Å². The maximum absolute atomic E-state index is 12.3. The molecule has 0 saturated heterocycles. The second-order valence-corrected chi connectivity index (χ2v) is 7.14. The van der Waals surface area contributed by atoms with Crippen molar-refractivity contribution in [3.63, 3.8) is 0 Å². The Hall–Kier alpha value is -2.37. The predicted octanol–water partition coefficient (Wildman–Crippen LogP) is 4.60. The SMILES string of the molecule is CC(=O)Nc1cc(-c2cc(Cl)cc(CN(C(=O)C=CCl)C3CC3)c2)ccn1. The second kappa shape index (κ2) is 8.55. The van der Waals surface area contributed by atoms with Crippen molar-refractivity contribution < 1.29 is 9.59 Å². The maximum Gasteiger partial charge on any atom is 0.247 e. The monoisotopic (exact) mass is 403 g/mol. The van der Waals surface area contributed by atoms with Crippen molar-refractivity contribution in [2.45, 2.75) is 32.4 Å². The molecule has 7 heteroatoms. The van der Waals surface area contributed by atoms with Crippen LogP contribution in [0.15, 0.2) is 48.1 Å². The van der Waals surface area contributed by atoms with Gasteiger partial charge in [0.2, 0.25) is 11.8 Å². The highest BCUT2D eigenvalue weighted by molar-refractivity contribution is 6.31. The molecule has 0 unspecified atom stereocenters. The highest BCUT2D eigenvalue weighted by Crippen LogP contribution is 2.31. The fraction of sp³-hybridized carbons (Fsp3) is 0.250. The number of carbonyl (C=O) groups is 2. The van der Waals surface area contributed by atoms with Gasteiger partial charge in [-0.25, -0.2) is 4.98 Å². The molecule has 2 amide bonds. The second-order valence-electron chi connectivity index (χ2n) is 6.45. The lowest BCUT2D eigenvalue weighted by molar-refractivity contribution is -0.127. The number of anilines is 1. The highest BCUT2D eigenvalue weighted by Gasteiger charge is 2.31. The molecule has 1 fully saturated rings. The Morgan fingerprint density at radius 1 is 1.26 bits per heavy atom. The number of aromatic nitrogens is 1. The van der Waals surface area contributed by atoms with Gasteiger partial charge in [-0.2, -0.15) is 0 Å². The molecule has 3 rings (SSSR count). The standard InChI is InChI=1S/C20H19Cl2N3O2/c1-13(26)24-19-11-15(5-7-23-19)16-8-14(9-17(22)10-16)12-25(18-2-3-18)20(27)4-6-21/h4-11,18H,2-3,12H2,1H3,(H,23,24,26). The smallest absolute Gasteiger partial charge is 0.247 e. The number of nitrogens with zero attached hydrogens (tertiary/aromatic N) is 2. The first-order chi connectivity index (χ1) is 13.0. The Kier molecular flexibility index (Phi) is 6.14. The Labute approximate surface area is 168 Å². The van der Waals surface area contributed by atoms with Gasteiger partial charge < -0.3 is 10.2 Å². The zero-order valence-corrected chi connectivity index (χ0v) is 16.3. The molecule has 5 nitrogen and oxygen atoms in total. The number of pyridine rings is 1. The number of carbonyl (C=O) groups excluding carboxylic acids is 2. The number of rotatable bonds is 6. The molecule has 1 heterocycles. The Balaban J connectivity index is 1.88. The number of halogens is 2. The molecule has 1 aromatic heterocycles. The van der Waals surface area contributed by atoms with Crippen molar-refractivity contribution in [2.24, 2.45) is 0 Å². The van der Waals surface area contributed by atoms with Gasteiger partial charge in [-0.05, 0) is 59.9 Å². The molecule has 2 aromatic rings. The van der Waals surface area contributed by atoms with E-state index < -0.39 is 0 Å². The first-order valence-corrected chi connectivity index (χ1v) is 9.38. The summed E-state index contributed by atoms with van der Waals surface area (Å²) < 4.78 is 0. The molecule has 1 aliphatic rings. The van der Waals surface area contributed by atoms with E-state index in [4.69, 9.17) is 23.2 Å². The number of amides is 2. The van der Waals surface area contributed by atoms with Gasteiger partial charge in [-0.15, -0.1) is 0 Å². The van der Waals surface area contributed by atoms with Crippen LogP contribution in [0.4, 0.5) is 5.82 Å². The summed E-state index contributed by atoms with van der Waals surface area (Å²) in [5.41, 5.74) is 3.94. The first kappa shape index (κ1) is 19.4. The molecule has 1 N–H and O–H groups in total. The van der Waals surface area contributed by atoms with Crippen LogP contribution in [0.5, 0.6) is 0 Å². The van der Waals surface area contributed by atoms with Crippen LogP contribution >= 0.6 is 23.2 Å². The third-order valence-electron chi connectivity index (χ3n) is 4.18. The van der Waals surface area contributed by atoms with E-state index in [1.54, 1.807) is 12.3 Å². The Morgan fingerprint density at radius 3 is 2.70 bits per heavy atom. The summed E-state index contributed by atoms with van der Waals surface area (Å²) >= 11 is 11.9. The van der Waals surface area contributed by atoms with Gasteiger partial charge in [0.15, 0.2) is 0 Å². The van der Waals surface area contributed by atoms with Crippen LogP contribution in [-0.2, 0) is 16.1 Å². The first-order valence-electron chi connectivity index (χ1n) is 8.57. The molecule has 1 aromatic carbocycles. The molecule has 0 radical (unpaired) electrons. The minimum absolute atomic E-state index is 0.106. The molecular formula is C20H19Cl2N3O2. The summed E-state index contributed by atoms with van der Waals surface area (Å²) in [7, 11) is 0. The summed E-state index contributed by atoms with van der Waals surface area (Å²) in [6, 6.07) is 9.58. The normalized spacial score (nSPS) is 13.6. The summed E-state index contributed by atoms with van der Waals surface area (Å²) in [6.45, 7) is 1.90. The van der Waals surface area contributed by atoms with Crippen LogP contribution in [-0.4, -0.2) is 27.7 Å². The molecule has 0 atom stereocenters. The summed E-state index contributed by atoms with van der Waals surface area (Å²) in [5, 5.41) is 3.25. The van der Waals surface area contributed by atoms with Gasteiger partial charge in [0.1, 0.15) is 5.82 Å². The highest BCUT2D eigenvalue weighted by atomic mass is 35.5. The van der Waals surface area contributed by atoms with Crippen molar-refractivity contribution in [1.29, 1.82) is 0 Å². The van der Waals surface area contributed by atoms with Crippen molar-refractivity contribution in [1.82, 2.24) is 9.88 Å². The Morgan fingerprint density at radius 2 is 2.04 bits per heavy atom. The molecule has 0 spiro atoms. The topological polar surface area (TPSA) is 62.3 Å². The van der Waals surface area contributed by atoms with E-state index >= 15 is 0 Å². The third kappa shape index (κ3) is 5.31. The van der Waals surface area contributed by atoms with Crippen molar-refractivity contribution in [2.75, 3.05) is 5.32 Å². The summed E-state index contributed by atoms with van der Waals surface area (Å²) in [5.74, 6) is 0.187. The number of hydrogen-bond acceptors (Lipinski definition) is 3. The molecular weight excluding hydrogens is 385 g/mol. The van der Waals surface area contributed by atoms with E-state index in [2.05, 4.69) is 10.3 Å². The van der Waals surface area contributed by atoms with Gasteiger partial charge in [0.25, 0.3) is 0 Å². The van der Waals surface area contributed by atoms with Crippen LogP contribution < -0.4 is 5.32 Å². The average Bonchev–Trinajstić information content (AvgIpc) is 3.44. The van der Waals surface area contributed by atoms with Crippen molar-refractivity contribution in [3.05, 3.63) is 58.7 Å². The van der Waals surface area contributed by atoms with Crippen LogP contribution in [0.1, 0.15) is 25.3 Å². The van der Waals surface area contributed by atoms with E-state index in [0.29, 0.717) is 17.4 Å². The fourth-order valence-corrected chi connectivity index (χ4v) is 3.25. The number of benzene rings is 1. The molecule has 1 aliphatic carbocycles. The van der Waals surface area contributed by atoms with Crippen molar-refractivity contribution in [3.8, 4) is 11.1 Å². The van der Waals surface area contributed by atoms with E-state index in [1.807, 2.05) is 29.2 Å². The van der Waals surface area contributed by atoms with E-state index in [9.17, 15) is 9.59 Å². The van der Waals surface area contributed by atoms with Crippen LogP contribution in [0.25, 0.3) is 11.1 Å². The number of hydrogen-bond donors (Lipinski definition) is 1. The van der Waals surface area contributed by atoms with Gasteiger partial charge >= 0.3 is 0 Å². The molecule has 0 bridgehead atoms. The van der Waals surface area contributed by atoms with Crippen molar-refractivity contribution >= 4 is 40.8 Å². The lowest BCUT2D eigenvalue weighted by atomic mass is 10.0. The molecule has 140 valence electrons. The van der Waals surface area contributed by atoms with Gasteiger partial charge in [-0.3, -0.25) is 9.59 Å². The van der Waals surface area contributed by atoms with Crippen LogP contribution in [0, 0.1) is 0 Å². The lowest BCUT2D eigenvalue weighted by Crippen LogP contribution is -2.31. The average molecular weight is 404 g/mol. The third-order valence-corrected chi connectivity index (χ3v) is 4.53. The van der Waals surface area contributed by atoms with Gasteiger partial charge in [0, 0.05) is 42.3 Å². The molecule has 27 heavy (non-hydrogen) atoms. The molecule has 1 saturated carbocycles.